The van der Waals surface area contributed by atoms with Crippen molar-refractivity contribution in [1.29, 1.82) is 0 Å². The van der Waals surface area contributed by atoms with E-state index in [-0.39, 0.29) is 41.9 Å². The Bertz CT molecular complexity index is 1580. The molecule has 2 unspecified atom stereocenters. The van der Waals surface area contributed by atoms with Gasteiger partial charge < -0.3 is 24.8 Å². The molecule has 0 spiro atoms. The molecule has 1 aromatic carbocycles. The van der Waals surface area contributed by atoms with Gasteiger partial charge in [-0.15, -0.1) is 11.3 Å². The minimum atomic E-state index is -3.68. The van der Waals surface area contributed by atoms with Crippen molar-refractivity contribution in [2.24, 2.45) is 0 Å². The Morgan fingerprint density at radius 3 is 2.62 bits per heavy atom. The number of amides is 1. The summed E-state index contributed by atoms with van der Waals surface area (Å²) in [5.41, 5.74) is 2.28. The monoisotopic (exact) mass is 657 g/mol. The van der Waals surface area contributed by atoms with Gasteiger partial charge in [0.25, 0.3) is 0 Å². The van der Waals surface area contributed by atoms with Crippen LogP contribution in [0.25, 0.3) is 10.4 Å². The predicted octanol–water partition coefficient (Wildman–Crippen LogP) is 6.48. The van der Waals surface area contributed by atoms with Gasteiger partial charge in [0, 0.05) is 54.4 Å². The van der Waals surface area contributed by atoms with Gasteiger partial charge in [0.2, 0.25) is 0 Å². The molecule has 13 heteroatoms. The van der Waals surface area contributed by atoms with Crippen molar-refractivity contribution in [2.75, 3.05) is 25.1 Å². The van der Waals surface area contributed by atoms with Crippen molar-refractivity contribution in [3.8, 4) is 10.4 Å². The van der Waals surface area contributed by atoms with E-state index in [2.05, 4.69) is 10.6 Å². The van der Waals surface area contributed by atoms with Crippen LogP contribution in [0.1, 0.15) is 88.1 Å². The first kappa shape index (κ1) is 32.0. The number of sulfone groups is 1. The molecule has 3 aromatic rings. The molecule has 0 radical (unpaired) electrons. The lowest BCUT2D eigenvalue weighted by molar-refractivity contribution is -0.0404. The average molecular weight is 658 g/mol. The van der Waals surface area contributed by atoms with E-state index >= 15 is 0 Å². The standard InChI is InChI=1S/C32H43N5O6S2/c1-20(2)43-32(38)35-23-9-7-22(8-10-23)31-33-18-27(44-31)26-12-11-24(17-28(26)45(39,40)25-13-15-41-19-25)34-29-16-21(3)37(36-29)30-6-4-5-14-42-30/h11-12,16-18,20,22-23,25,30H,4-10,13-15,19H2,1-3H3,(H,34,36)(H,35,38). The van der Waals surface area contributed by atoms with E-state index < -0.39 is 15.1 Å². The summed E-state index contributed by atoms with van der Waals surface area (Å²) in [5.74, 6) is 0.906. The Labute approximate surface area is 269 Å². The number of thiazole rings is 1. The molecule has 244 valence electrons. The third kappa shape index (κ3) is 7.37. The smallest absolute Gasteiger partial charge is 0.407 e. The van der Waals surface area contributed by atoms with E-state index in [4.69, 9.17) is 24.3 Å². The van der Waals surface area contributed by atoms with Gasteiger partial charge in [-0.25, -0.2) is 22.9 Å². The second-order valence-corrected chi connectivity index (χ2v) is 15.8. The van der Waals surface area contributed by atoms with Gasteiger partial charge in [-0.05, 0) is 84.3 Å². The summed E-state index contributed by atoms with van der Waals surface area (Å²) in [6.45, 7) is 7.03. The second-order valence-electron chi connectivity index (χ2n) is 12.5. The summed E-state index contributed by atoms with van der Waals surface area (Å²) in [5, 5.41) is 11.5. The number of carbonyl (C=O) groups is 1. The Morgan fingerprint density at radius 1 is 1.09 bits per heavy atom. The Balaban J connectivity index is 1.22. The van der Waals surface area contributed by atoms with Crippen LogP contribution in [0.3, 0.4) is 0 Å². The first-order valence-electron chi connectivity index (χ1n) is 16.0. The minimum Gasteiger partial charge on any atom is -0.447 e. The number of anilines is 2. The molecule has 4 heterocycles. The quantitative estimate of drug-likeness (QED) is 0.265. The van der Waals surface area contributed by atoms with E-state index in [0.717, 1.165) is 67.1 Å². The number of carbonyl (C=O) groups excluding carboxylic acids is 1. The molecule has 11 nitrogen and oxygen atoms in total. The highest BCUT2D eigenvalue weighted by atomic mass is 32.2. The molecule has 2 aliphatic heterocycles. The highest BCUT2D eigenvalue weighted by molar-refractivity contribution is 7.92. The van der Waals surface area contributed by atoms with Crippen molar-refractivity contribution in [3.63, 3.8) is 0 Å². The van der Waals surface area contributed by atoms with Gasteiger partial charge >= 0.3 is 6.09 Å². The number of rotatable bonds is 9. The molecule has 1 aliphatic carbocycles. The van der Waals surface area contributed by atoms with Crippen molar-refractivity contribution in [1.82, 2.24) is 20.1 Å². The van der Waals surface area contributed by atoms with Crippen LogP contribution in [0.5, 0.6) is 0 Å². The summed E-state index contributed by atoms with van der Waals surface area (Å²) < 4.78 is 46.5. The number of nitrogens with one attached hydrogen (secondary N) is 2. The number of hydrogen-bond acceptors (Lipinski definition) is 10. The summed E-state index contributed by atoms with van der Waals surface area (Å²) in [4.78, 5) is 17.9. The van der Waals surface area contributed by atoms with E-state index in [0.29, 0.717) is 30.1 Å². The first-order chi connectivity index (χ1) is 21.7. The van der Waals surface area contributed by atoms with Crippen LogP contribution in [-0.4, -0.2) is 66.5 Å². The van der Waals surface area contributed by atoms with Gasteiger partial charge in [-0.3, -0.25) is 0 Å². The van der Waals surface area contributed by atoms with Crippen LogP contribution in [0.15, 0.2) is 35.4 Å². The third-order valence-electron chi connectivity index (χ3n) is 8.77. The Kier molecular flexibility index (Phi) is 9.79. The third-order valence-corrected chi connectivity index (χ3v) is 12.2. The topological polar surface area (TPSA) is 134 Å². The molecule has 45 heavy (non-hydrogen) atoms. The fourth-order valence-electron chi connectivity index (χ4n) is 6.38. The SMILES string of the molecule is Cc1cc(Nc2ccc(-c3cnc(C4CCC(NC(=O)OC(C)C)CC4)s3)c(S(=O)(=O)C3CCOC3)c2)nn1C1CCCCO1. The molecule has 3 fully saturated rings. The van der Waals surface area contributed by atoms with Crippen LogP contribution < -0.4 is 10.6 Å². The number of alkyl carbamates (subject to hydrolysis) is 1. The van der Waals surface area contributed by atoms with Crippen LogP contribution in [0.2, 0.25) is 0 Å². The fourth-order valence-corrected chi connectivity index (χ4v) is 9.39. The molecule has 6 rings (SSSR count). The summed E-state index contributed by atoms with van der Waals surface area (Å²) >= 11 is 1.55. The highest BCUT2D eigenvalue weighted by Gasteiger charge is 2.34. The molecule has 1 amide bonds. The van der Waals surface area contributed by atoms with E-state index in [1.54, 1.807) is 23.6 Å². The molecule has 2 aromatic heterocycles. The highest BCUT2D eigenvalue weighted by Crippen LogP contribution is 2.41. The van der Waals surface area contributed by atoms with E-state index in [9.17, 15) is 13.2 Å². The molecule has 3 aliphatic rings. The van der Waals surface area contributed by atoms with Crippen LogP contribution >= 0.6 is 11.3 Å². The number of hydrogen-bond donors (Lipinski definition) is 2. The molecule has 2 saturated heterocycles. The summed E-state index contributed by atoms with van der Waals surface area (Å²) in [6, 6.07) is 7.54. The number of benzene rings is 1. The lowest BCUT2D eigenvalue weighted by Crippen LogP contribution is -2.38. The van der Waals surface area contributed by atoms with E-state index in [1.165, 1.54) is 0 Å². The predicted molar refractivity (Wildman–Crippen MR) is 173 cm³/mol. The zero-order chi connectivity index (χ0) is 31.6. The first-order valence-corrected chi connectivity index (χ1v) is 18.4. The van der Waals surface area contributed by atoms with Crippen molar-refractivity contribution >= 4 is 38.8 Å². The zero-order valence-corrected chi connectivity index (χ0v) is 27.8. The van der Waals surface area contributed by atoms with E-state index in [1.807, 2.05) is 43.7 Å². The summed E-state index contributed by atoms with van der Waals surface area (Å²) in [7, 11) is -3.68. The van der Waals surface area contributed by atoms with Gasteiger partial charge in [0.15, 0.2) is 21.9 Å². The zero-order valence-electron chi connectivity index (χ0n) is 26.2. The number of aromatic nitrogens is 3. The molecular weight excluding hydrogens is 615 g/mol. The molecule has 1 saturated carbocycles. The maximum Gasteiger partial charge on any atom is 0.407 e. The normalized spacial score (nSPS) is 24.1. The maximum atomic E-state index is 14.0. The number of nitrogens with zero attached hydrogens (tertiary/aromatic N) is 3. The van der Waals surface area contributed by atoms with Crippen LogP contribution in [-0.2, 0) is 24.0 Å². The molecule has 2 N–H and O–H groups in total. The molecule has 0 bridgehead atoms. The van der Waals surface area contributed by atoms with Gasteiger partial charge in [-0.2, -0.15) is 5.10 Å². The average Bonchev–Trinajstić information content (AvgIpc) is 3.80. The Hall–Kier alpha value is -3.00. The van der Waals surface area contributed by atoms with Crippen molar-refractivity contribution in [2.45, 2.75) is 107 Å². The van der Waals surface area contributed by atoms with Crippen molar-refractivity contribution < 1.29 is 27.4 Å². The molecular formula is C32H43N5O6S2. The fraction of sp³-hybridized carbons (Fsp3) is 0.594. The van der Waals surface area contributed by atoms with Crippen LogP contribution in [0.4, 0.5) is 16.3 Å². The number of aryl methyl sites for hydroxylation is 1. The lowest BCUT2D eigenvalue weighted by Gasteiger charge is -2.28. The van der Waals surface area contributed by atoms with Gasteiger partial charge in [0.05, 0.1) is 32.7 Å². The largest absolute Gasteiger partial charge is 0.447 e. The molecule has 2 atom stereocenters. The minimum absolute atomic E-state index is 0.0804. The Morgan fingerprint density at radius 2 is 1.91 bits per heavy atom. The number of ether oxygens (including phenoxy) is 3. The van der Waals surface area contributed by atoms with Crippen molar-refractivity contribution in [3.05, 3.63) is 41.2 Å². The lowest BCUT2D eigenvalue weighted by atomic mass is 9.86. The van der Waals surface area contributed by atoms with Crippen LogP contribution in [0, 0.1) is 6.92 Å². The second kappa shape index (κ2) is 13.8. The van der Waals surface area contributed by atoms with Gasteiger partial charge in [0.1, 0.15) is 0 Å². The van der Waals surface area contributed by atoms with Gasteiger partial charge in [-0.1, -0.05) is 6.07 Å². The maximum absolute atomic E-state index is 14.0. The summed E-state index contributed by atoms with van der Waals surface area (Å²) in [6.07, 6.45) is 8.23.